The molecule has 0 radical (unpaired) electrons. The van der Waals surface area contributed by atoms with Crippen LogP contribution < -0.4 is 10.3 Å². The van der Waals surface area contributed by atoms with Crippen molar-refractivity contribution in [3.05, 3.63) is 39.5 Å². The maximum Gasteiger partial charge on any atom is 0.267 e. The normalized spacial score (nSPS) is 21.6. The third-order valence-corrected chi connectivity index (χ3v) is 7.95. The number of aryl methyl sites for hydroxylation is 1. The topological polar surface area (TPSA) is 64.0 Å². The second-order valence-electron chi connectivity index (χ2n) is 8.91. The first-order valence-electron chi connectivity index (χ1n) is 11.2. The van der Waals surface area contributed by atoms with Crippen molar-refractivity contribution in [2.24, 2.45) is 7.05 Å². The fourth-order valence-corrected chi connectivity index (χ4v) is 6.07. The third-order valence-electron chi connectivity index (χ3n) is 6.76. The number of aromatic nitrogens is 1. The Balaban J connectivity index is 1.64. The Kier molecular flexibility index (Phi) is 5.69. The van der Waals surface area contributed by atoms with Crippen LogP contribution in [0.25, 0.3) is 21.0 Å². The lowest BCUT2D eigenvalue weighted by molar-refractivity contribution is 0.0655. The van der Waals surface area contributed by atoms with Crippen LogP contribution in [-0.2, 0) is 11.8 Å². The average Bonchev–Trinajstić information content (AvgIpc) is 3.55. The van der Waals surface area contributed by atoms with Crippen molar-refractivity contribution in [2.75, 3.05) is 40.4 Å². The van der Waals surface area contributed by atoms with Crippen molar-refractivity contribution < 1.29 is 14.3 Å². The van der Waals surface area contributed by atoms with Crippen molar-refractivity contribution in [2.45, 2.75) is 31.4 Å². The van der Waals surface area contributed by atoms with E-state index in [1.54, 1.807) is 11.6 Å². The summed E-state index contributed by atoms with van der Waals surface area (Å²) in [5.41, 5.74) is 0.710. The van der Waals surface area contributed by atoms with Gasteiger partial charge in [0.1, 0.15) is 16.9 Å². The van der Waals surface area contributed by atoms with Gasteiger partial charge in [-0.15, -0.1) is 11.3 Å². The Morgan fingerprint density at radius 1 is 1.28 bits per heavy atom. The molecule has 0 N–H and O–H groups in total. The fourth-order valence-electron chi connectivity index (χ4n) is 4.82. The summed E-state index contributed by atoms with van der Waals surface area (Å²) >= 11 is 1.37. The summed E-state index contributed by atoms with van der Waals surface area (Å²) in [6.45, 7) is 2.90. The highest BCUT2D eigenvalue weighted by Crippen LogP contribution is 2.40. The molecule has 5 rings (SSSR count). The van der Waals surface area contributed by atoms with Gasteiger partial charge in [0.25, 0.3) is 11.5 Å². The number of para-hydroxylation sites is 1. The van der Waals surface area contributed by atoms with Crippen molar-refractivity contribution in [1.29, 1.82) is 0 Å². The second-order valence-corrected chi connectivity index (χ2v) is 9.93. The maximum absolute atomic E-state index is 13.7. The molecule has 7 nitrogen and oxygen atoms in total. The first-order valence-corrected chi connectivity index (χ1v) is 12.0. The number of fused-ring (bicyclic) bond motifs is 3. The van der Waals surface area contributed by atoms with Crippen molar-refractivity contribution in [1.82, 2.24) is 14.4 Å². The summed E-state index contributed by atoms with van der Waals surface area (Å²) in [5.74, 6) is 0.329. The first kappa shape index (κ1) is 21.4. The summed E-state index contributed by atoms with van der Waals surface area (Å²) in [5, 5.41) is 1.45. The highest BCUT2D eigenvalue weighted by atomic mass is 32.1. The van der Waals surface area contributed by atoms with Gasteiger partial charge in [0.05, 0.1) is 16.3 Å². The van der Waals surface area contributed by atoms with Crippen molar-refractivity contribution >= 4 is 38.2 Å². The van der Waals surface area contributed by atoms with Gasteiger partial charge in [-0.2, -0.15) is 0 Å². The van der Waals surface area contributed by atoms with Crippen LogP contribution in [0.1, 0.15) is 28.9 Å². The molecule has 2 unspecified atom stereocenters. The number of likely N-dealkylation sites (N-methyl/N-ethyl adjacent to an activating group) is 2. The molecule has 4 heterocycles. The van der Waals surface area contributed by atoms with Gasteiger partial charge in [-0.05, 0) is 38.9 Å². The molecule has 2 atom stereocenters. The van der Waals surface area contributed by atoms with E-state index in [1.165, 1.54) is 11.3 Å². The van der Waals surface area contributed by atoms with Crippen LogP contribution >= 0.6 is 11.3 Å². The molecule has 170 valence electrons. The number of pyridine rings is 1. The summed E-state index contributed by atoms with van der Waals surface area (Å²) in [6, 6.07) is 7.97. The van der Waals surface area contributed by atoms with Crippen LogP contribution in [0.3, 0.4) is 0 Å². The van der Waals surface area contributed by atoms with Crippen LogP contribution in [-0.4, -0.2) is 72.8 Å². The highest BCUT2D eigenvalue weighted by Gasteiger charge is 2.32. The fraction of sp³-hybridized carbons (Fsp3) is 0.500. The number of carbonyl (C=O) groups excluding carboxylic acids is 1. The molecule has 2 aliphatic rings. The van der Waals surface area contributed by atoms with Gasteiger partial charge in [-0.1, -0.05) is 18.2 Å². The van der Waals surface area contributed by atoms with Crippen LogP contribution in [0, 0.1) is 0 Å². The summed E-state index contributed by atoms with van der Waals surface area (Å²) < 4.78 is 14.4. The molecule has 2 fully saturated rings. The zero-order valence-electron chi connectivity index (χ0n) is 18.8. The molecule has 0 aliphatic carbocycles. The standard InChI is InChI=1S/C24H29N3O4S/c1-25-11-10-15(13-25)26(2)24(29)22-20(31-14-16-7-6-12-30-16)19-21(32-22)17-8-4-5-9-18(17)27(3)23(19)28/h4-5,8-9,15-16H,6-7,10-14H2,1-3H3. The molecule has 32 heavy (non-hydrogen) atoms. The SMILES string of the molecule is CN1CCC(N(C)C(=O)c2sc3c(c2OCC2CCCO2)c(=O)n(C)c2ccccc32)C1. The smallest absolute Gasteiger partial charge is 0.267 e. The van der Waals surface area contributed by atoms with E-state index in [0.29, 0.717) is 22.6 Å². The van der Waals surface area contributed by atoms with Gasteiger partial charge in [-0.25, -0.2) is 0 Å². The number of hydrogen-bond donors (Lipinski definition) is 0. The molecular weight excluding hydrogens is 426 g/mol. The van der Waals surface area contributed by atoms with Crippen LogP contribution in [0.15, 0.2) is 29.1 Å². The highest BCUT2D eigenvalue weighted by molar-refractivity contribution is 7.22. The maximum atomic E-state index is 13.7. The van der Waals surface area contributed by atoms with E-state index in [1.807, 2.05) is 36.2 Å². The van der Waals surface area contributed by atoms with E-state index in [-0.39, 0.29) is 23.6 Å². The Morgan fingerprint density at radius 3 is 2.81 bits per heavy atom. The second kappa shape index (κ2) is 8.50. The molecule has 8 heteroatoms. The molecule has 0 saturated carbocycles. The zero-order valence-corrected chi connectivity index (χ0v) is 19.6. The minimum absolute atomic E-state index is 0.00146. The predicted octanol–water partition coefficient (Wildman–Crippen LogP) is 3.09. The molecule has 0 spiro atoms. The Morgan fingerprint density at radius 2 is 2.09 bits per heavy atom. The number of benzene rings is 1. The summed E-state index contributed by atoms with van der Waals surface area (Å²) in [7, 11) is 5.70. The lowest BCUT2D eigenvalue weighted by Gasteiger charge is -2.24. The van der Waals surface area contributed by atoms with E-state index in [9.17, 15) is 9.59 Å². The van der Waals surface area contributed by atoms with Crippen LogP contribution in [0.2, 0.25) is 0 Å². The van der Waals surface area contributed by atoms with Crippen molar-refractivity contribution in [3.8, 4) is 5.75 Å². The van der Waals surface area contributed by atoms with Gasteiger partial charge < -0.3 is 23.8 Å². The molecule has 3 aromatic rings. The first-order chi connectivity index (χ1) is 15.5. The largest absolute Gasteiger partial charge is 0.488 e. The lowest BCUT2D eigenvalue weighted by atomic mass is 10.1. The molecule has 0 bridgehead atoms. The van der Waals surface area contributed by atoms with Gasteiger partial charge >= 0.3 is 0 Å². The molecule has 1 aromatic carbocycles. The van der Waals surface area contributed by atoms with Gasteiger partial charge in [0.2, 0.25) is 0 Å². The third kappa shape index (κ3) is 3.60. The molecule has 2 aliphatic heterocycles. The average molecular weight is 456 g/mol. The Bertz CT molecular complexity index is 1230. The number of nitrogens with zero attached hydrogens (tertiary/aromatic N) is 3. The minimum atomic E-state index is -0.139. The summed E-state index contributed by atoms with van der Waals surface area (Å²) in [4.78, 5) is 31.6. The molecule has 1 amide bonds. The quantitative estimate of drug-likeness (QED) is 0.592. The van der Waals surface area contributed by atoms with Crippen LogP contribution in [0.5, 0.6) is 5.75 Å². The van der Waals surface area contributed by atoms with Gasteiger partial charge in [-0.3, -0.25) is 9.59 Å². The van der Waals surface area contributed by atoms with E-state index < -0.39 is 0 Å². The number of carbonyl (C=O) groups is 1. The number of amides is 1. The van der Waals surface area contributed by atoms with Crippen LogP contribution in [0.4, 0.5) is 0 Å². The minimum Gasteiger partial charge on any atom is -0.488 e. The Hall–Kier alpha value is -2.42. The number of likely N-dealkylation sites (tertiary alicyclic amines) is 1. The lowest BCUT2D eigenvalue weighted by Crippen LogP contribution is -2.38. The van der Waals surface area contributed by atoms with E-state index >= 15 is 0 Å². The zero-order chi connectivity index (χ0) is 22.4. The number of ether oxygens (including phenoxy) is 2. The van der Waals surface area contributed by atoms with Crippen molar-refractivity contribution in [3.63, 3.8) is 0 Å². The summed E-state index contributed by atoms with van der Waals surface area (Å²) in [6.07, 6.45) is 2.88. The van der Waals surface area contributed by atoms with E-state index in [4.69, 9.17) is 9.47 Å². The molecule has 2 aromatic heterocycles. The van der Waals surface area contributed by atoms with E-state index in [0.717, 1.165) is 54.6 Å². The monoisotopic (exact) mass is 455 g/mol. The Labute approximate surface area is 191 Å². The van der Waals surface area contributed by atoms with Gasteiger partial charge in [0, 0.05) is 38.7 Å². The number of hydrogen-bond acceptors (Lipinski definition) is 6. The number of rotatable bonds is 5. The molecular formula is C24H29N3O4S. The number of thiophene rings is 1. The van der Waals surface area contributed by atoms with E-state index in [2.05, 4.69) is 11.9 Å². The molecule has 2 saturated heterocycles. The van der Waals surface area contributed by atoms with Gasteiger partial charge in [0.15, 0.2) is 5.75 Å². The predicted molar refractivity (Wildman–Crippen MR) is 127 cm³/mol.